The van der Waals surface area contributed by atoms with E-state index in [4.69, 9.17) is 19.3 Å². The van der Waals surface area contributed by atoms with E-state index in [1.165, 1.54) is 12.1 Å². The van der Waals surface area contributed by atoms with Gasteiger partial charge in [-0.1, -0.05) is 26.7 Å². The van der Waals surface area contributed by atoms with Crippen LogP contribution in [-0.2, 0) is 14.6 Å². The third kappa shape index (κ3) is 7.66. The number of thiophene rings is 1. The number of hydrogen-bond acceptors (Lipinski definition) is 9. The molecule has 0 amide bonds. The summed E-state index contributed by atoms with van der Waals surface area (Å²) < 4.78 is 58.5. The average Bonchev–Trinajstić information content (AvgIpc) is 3.19. The Bertz CT molecular complexity index is 1420. The molecule has 1 atom stereocenters. The molecule has 10 nitrogen and oxygen atoms in total. The van der Waals surface area contributed by atoms with E-state index in [0.29, 0.717) is 40.4 Å². The van der Waals surface area contributed by atoms with Gasteiger partial charge in [0.15, 0.2) is 11.5 Å². The fourth-order valence-corrected chi connectivity index (χ4v) is 7.58. The lowest BCUT2D eigenvalue weighted by Gasteiger charge is -2.14. The molecule has 0 aliphatic rings. The van der Waals surface area contributed by atoms with Gasteiger partial charge in [-0.05, 0) is 43.5 Å². The molecule has 0 saturated carbocycles. The highest BCUT2D eigenvalue weighted by atomic mass is 32.2. The lowest BCUT2D eigenvalue weighted by molar-refractivity contribution is 0.262. The van der Waals surface area contributed by atoms with Crippen LogP contribution in [0.25, 0.3) is 10.1 Å². The molecule has 0 aliphatic heterocycles. The average molecular weight is 568 g/mol. The largest absolute Gasteiger partial charge is 0.490 e. The van der Waals surface area contributed by atoms with Crippen molar-refractivity contribution in [3.8, 4) is 23.3 Å². The van der Waals surface area contributed by atoms with E-state index in [1.54, 1.807) is 19.1 Å². The molecular formula is C24H30N3O7PS2. The van der Waals surface area contributed by atoms with E-state index >= 15 is 0 Å². The number of unbranched alkanes of at least 4 members (excludes halogenated alkanes) is 2. The molecule has 0 spiro atoms. The molecule has 0 saturated heterocycles. The van der Waals surface area contributed by atoms with Crippen molar-refractivity contribution in [2.24, 2.45) is 0 Å². The number of hydrogen-bond donors (Lipinski definition) is 2. The van der Waals surface area contributed by atoms with Gasteiger partial charge in [-0.25, -0.2) is 18.0 Å². The van der Waals surface area contributed by atoms with Crippen molar-refractivity contribution in [2.75, 3.05) is 19.5 Å². The van der Waals surface area contributed by atoms with Gasteiger partial charge in [-0.3, -0.25) is 0 Å². The number of nitrogens with one attached hydrogen (secondary N) is 1. The summed E-state index contributed by atoms with van der Waals surface area (Å²) in [5.41, 5.74) is 0.608. The van der Waals surface area contributed by atoms with Crippen molar-refractivity contribution >= 4 is 39.0 Å². The summed E-state index contributed by atoms with van der Waals surface area (Å²) in [5.74, 6) is 1.05. The number of ether oxygens (including phenoxy) is 2. The first-order valence-corrected chi connectivity index (χ1v) is 15.9. The Morgan fingerprint density at radius 3 is 2.35 bits per heavy atom. The molecule has 1 aromatic carbocycles. The van der Waals surface area contributed by atoms with Crippen molar-refractivity contribution in [1.82, 2.24) is 9.71 Å². The van der Waals surface area contributed by atoms with E-state index in [2.05, 4.69) is 23.6 Å². The van der Waals surface area contributed by atoms with Crippen LogP contribution in [0.2, 0.25) is 0 Å². The Morgan fingerprint density at radius 2 is 1.78 bits per heavy atom. The van der Waals surface area contributed by atoms with Crippen LogP contribution in [0.15, 0.2) is 34.7 Å². The zero-order chi connectivity index (χ0) is 27.1. The van der Waals surface area contributed by atoms with Crippen LogP contribution in [0.3, 0.4) is 0 Å². The van der Waals surface area contributed by atoms with Crippen molar-refractivity contribution in [1.29, 1.82) is 5.26 Å². The Balaban J connectivity index is 1.82. The number of benzene rings is 1. The molecule has 0 aliphatic carbocycles. The third-order valence-corrected chi connectivity index (χ3v) is 9.81. The second-order valence-electron chi connectivity index (χ2n) is 8.24. The Morgan fingerprint density at radius 1 is 1.14 bits per heavy atom. The van der Waals surface area contributed by atoms with Crippen molar-refractivity contribution in [3.63, 3.8) is 0 Å². The molecule has 0 bridgehead atoms. The summed E-state index contributed by atoms with van der Waals surface area (Å²) in [6.07, 6.45) is 3.97. The number of pyridine rings is 1. The van der Waals surface area contributed by atoms with Crippen LogP contribution in [0, 0.1) is 18.3 Å². The molecule has 3 rings (SSSR count). The first-order chi connectivity index (χ1) is 17.6. The summed E-state index contributed by atoms with van der Waals surface area (Å²) >= 11 is 1.04. The minimum Gasteiger partial charge on any atom is -0.490 e. The van der Waals surface area contributed by atoms with Crippen LogP contribution in [0.1, 0.15) is 50.8 Å². The maximum Gasteiger partial charge on any atom is 0.391 e. The monoisotopic (exact) mass is 567 g/mol. The number of fused-ring (bicyclic) bond motifs is 1. The summed E-state index contributed by atoms with van der Waals surface area (Å²) in [4.78, 5) is 13.9. The summed E-state index contributed by atoms with van der Waals surface area (Å²) in [7, 11) is -8.54. The second-order valence-corrected chi connectivity index (χ2v) is 13.0. The maximum absolute atomic E-state index is 13.1. The summed E-state index contributed by atoms with van der Waals surface area (Å²) in [6, 6.07) is 8.01. The zero-order valence-electron chi connectivity index (χ0n) is 20.9. The quantitative estimate of drug-likeness (QED) is 0.195. The van der Waals surface area contributed by atoms with E-state index in [9.17, 15) is 17.9 Å². The lowest BCUT2D eigenvalue weighted by Crippen LogP contribution is -2.25. The zero-order valence-corrected chi connectivity index (χ0v) is 23.4. The minimum absolute atomic E-state index is 0.0211. The van der Waals surface area contributed by atoms with Gasteiger partial charge in [-0.2, -0.15) is 9.98 Å². The molecular weight excluding hydrogens is 537 g/mol. The molecule has 2 aromatic heterocycles. The number of nitrogens with zero attached hydrogens (tertiary/aromatic N) is 2. The SMILES string of the molecule is CCCCOc1cc2sc(S(=O)(=O)NCP(=O)(O)Oc3ccc(C#N)nc3)c(C)c2cc1OCCCC. The molecule has 1 unspecified atom stereocenters. The highest BCUT2D eigenvalue weighted by molar-refractivity contribution is 7.92. The van der Waals surface area contributed by atoms with Crippen LogP contribution < -0.4 is 18.7 Å². The molecule has 2 heterocycles. The first-order valence-electron chi connectivity index (χ1n) is 11.8. The van der Waals surface area contributed by atoms with Gasteiger partial charge in [0.25, 0.3) is 10.0 Å². The van der Waals surface area contributed by atoms with E-state index in [0.717, 1.165) is 43.2 Å². The minimum atomic E-state index is -4.40. The van der Waals surface area contributed by atoms with Crippen molar-refractivity contribution in [3.05, 3.63) is 41.7 Å². The molecule has 0 fully saturated rings. The second kappa shape index (κ2) is 12.7. The van der Waals surface area contributed by atoms with E-state index < -0.39 is 23.9 Å². The maximum atomic E-state index is 13.1. The highest BCUT2D eigenvalue weighted by Crippen LogP contribution is 2.43. The van der Waals surface area contributed by atoms with Crippen LogP contribution in [0.4, 0.5) is 0 Å². The van der Waals surface area contributed by atoms with E-state index in [-0.39, 0.29) is 15.7 Å². The topological polar surface area (TPSA) is 148 Å². The van der Waals surface area contributed by atoms with Gasteiger partial charge in [0.1, 0.15) is 28.0 Å². The summed E-state index contributed by atoms with van der Waals surface area (Å²) in [6.45, 7) is 6.84. The fraction of sp³-hybridized carbons (Fsp3) is 0.417. The third-order valence-electron chi connectivity index (χ3n) is 5.27. The Hall–Kier alpha value is -2.68. The predicted molar refractivity (Wildman–Crippen MR) is 142 cm³/mol. The Labute approximate surface area is 220 Å². The van der Waals surface area contributed by atoms with Crippen molar-refractivity contribution < 1.29 is 31.9 Å². The normalized spacial score (nSPS) is 13.2. The first kappa shape index (κ1) is 28.9. The van der Waals surface area contributed by atoms with Crippen LogP contribution in [-0.4, -0.2) is 37.8 Å². The predicted octanol–water partition coefficient (Wildman–Crippen LogP) is 5.33. The van der Waals surface area contributed by atoms with Crippen LogP contribution in [0.5, 0.6) is 17.2 Å². The smallest absolute Gasteiger partial charge is 0.391 e. The molecule has 200 valence electrons. The number of nitriles is 1. The van der Waals surface area contributed by atoms with Gasteiger partial charge in [0, 0.05) is 16.2 Å². The van der Waals surface area contributed by atoms with Crippen LogP contribution >= 0.6 is 18.9 Å². The van der Waals surface area contributed by atoms with Gasteiger partial charge in [0.2, 0.25) is 0 Å². The standard InChI is InChI=1S/C24H30N3O7PS2/c1-4-6-10-32-21-12-20-17(3)24(36-23(20)13-22(21)33-11-7-5-2)37(30,31)27-16-35(28,29)34-19-9-8-18(14-25)26-15-19/h8-9,12-13,15,27H,4-7,10-11,16H2,1-3H3,(H,28,29). The Kier molecular flexibility index (Phi) is 9.93. The van der Waals surface area contributed by atoms with Gasteiger partial charge in [0.05, 0.1) is 19.4 Å². The molecule has 37 heavy (non-hydrogen) atoms. The fourth-order valence-electron chi connectivity index (χ4n) is 3.27. The van der Waals surface area contributed by atoms with E-state index in [1.807, 2.05) is 6.07 Å². The number of aryl methyl sites for hydroxylation is 1. The summed E-state index contributed by atoms with van der Waals surface area (Å²) in [5, 5.41) is 9.50. The molecule has 2 N–H and O–H groups in total. The van der Waals surface area contributed by atoms with Gasteiger partial charge >= 0.3 is 7.60 Å². The highest BCUT2D eigenvalue weighted by Gasteiger charge is 2.28. The molecule has 13 heteroatoms. The number of aromatic nitrogens is 1. The van der Waals surface area contributed by atoms with Gasteiger partial charge in [-0.15, -0.1) is 11.3 Å². The number of rotatable bonds is 14. The molecule has 3 aromatic rings. The number of sulfonamides is 1. The lowest BCUT2D eigenvalue weighted by atomic mass is 10.2. The van der Waals surface area contributed by atoms with Crippen molar-refractivity contribution in [2.45, 2.75) is 50.7 Å². The van der Waals surface area contributed by atoms with Gasteiger partial charge < -0.3 is 18.9 Å². The molecule has 0 radical (unpaired) electrons.